The number of likely N-dealkylation sites (tertiary alicyclic amines) is 1. The lowest BCUT2D eigenvalue weighted by Gasteiger charge is -2.65. The molecule has 0 aromatic carbocycles. The fourth-order valence-electron chi connectivity index (χ4n) is 13.9. The van der Waals surface area contributed by atoms with Crippen molar-refractivity contribution in [3.63, 3.8) is 0 Å². The maximum atomic E-state index is 15.7. The van der Waals surface area contributed by atoms with Crippen molar-refractivity contribution in [1.82, 2.24) is 69.3 Å². The number of halogens is 2. The minimum Gasteiger partial charge on any atom is -0.390 e. The summed E-state index contributed by atoms with van der Waals surface area (Å²) in [6.45, 7) is 4.14. The summed E-state index contributed by atoms with van der Waals surface area (Å²) in [4.78, 5) is 116. The standard InChI is InChI=1S/C50H53F2N15O8/c1-29(65-15-16-67(59-65)43-39-37(35(52)23-56-43)33(21-54-39)41(70)45(72)62-9-7-61(8-10-62)44(71)31-3-2-5-60(24-31)28-68)48-17-30-18-49(25-48,27-50(75,19-30)26-48)47(74)64-13-11-63(12-14-64)46(73)40(69)32-20-53-38-36(32)34(51)22-55-42(38)66-6-4-57-58-66/h4,6,15-16,20-23,28-31,75H,2-3,5,7-14,17-19,24-27H2,1H3,(H-,53,54,55,56,59,69,70)/p+1. The van der Waals surface area contributed by atoms with Gasteiger partial charge in [0.15, 0.2) is 29.8 Å². The number of nitrogens with one attached hydrogen (secondary N) is 2. The van der Waals surface area contributed by atoms with Crippen LogP contribution in [0.4, 0.5) is 8.78 Å². The molecule has 4 aliphatic carbocycles. The number of aromatic amines is 2. The van der Waals surface area contributed by atoms with Gasteiger partial charge in [-0.25, -0.2) is 23.4 Å². The van der Waals surface area contributed by atoms with Gasteiger partial charge in [-0.05, 0) is 64.2 Å². The maximum Gasteiger partial charge on any atom is 0.295 e. The number of nitrogens with zero attached hydrogens (tertiary/aromatic N) is 13. The summed E-state index contributed by atoms with van der Waals surface area (Å²) in [7, 11) is 0. The monoisotopic (exact) mass is 1030 g/mol. The van der Waals surface area contributed by atoms with Crippen LogP contribution in [0, 0.1) is 34.3 Å². The first-order valence-corrected chi connectivity index (χ1v) is 25.4. The highest BCUT2D eigenvalue weighted by Gasteiger charge is 2.68. The Balaban J connectivity index is 0.719. The minimum absolute atomic E-state index is 0.0530. The molecule has 4 saturated carbocycles. The van der Waals surface area contributed by atoms with Crippen LogP contribution >= 0.6 is 0 Å². The van der Waals surface area contributed by atoms with Crippen molar-refractivity contribution in [2.75, 3.05) is 65.4 Å². The average molecular weight is 1030 g/mol. The van der Waals surface area contributed by atoms with E-state index >= 15 is 8.78 Å². The highest BCUT2D eigenvalue weighted by Crippen LogP contribution is 2.69. The molecule has 7 fully saturated rings. The van der Waals surface area contributed by atoms with Crippen LogP contribution in [0.2, 0.25) is 0 Å². The molecule has 0 spiro atoms. The molecule has 6 atom stereocenters. The molecule has 6 aromatic rings. The van der Waals surface area contributed by atoms with E-state index in [1.165, 1.54) is 44.0 Å². The van der Waals surface area contributed by atoms with Crippen molar-refractivity contribution >= 4 is 63.4 Å². The Kier molecular flexibility index (Phi) is 11.5. The van der Waals surface area contributed by atoms with Gasteiger partial charge >= 0.3 is 0 Å². The fourth-order valence-corrected chi connectivity index (χ4v) is 13.9. The minimum atomic E-state index is -1.11. The number of pyridine rings is 2. The van der Waals surface area contributed by atoms with Gasteiger partial charge in [0, 0.05) is 83.3 Å². The SMILES string of the molecule is CC([n+]1ccn(-c2ncc(F)c3c(C(=O)C(=O)N4CCN(C(=O)C5CCCN(C=O)C5)CC4)c[nH]c23)n1)C12CC3CC(O)(CC(C(=O)N4CCN(C(=O)C(=O)c5c[nH]c6c(-n7ccnn7)ncc(F)c56)CC4)(C3)C1)C2. The second-order valence-electron chi connectivity index (χ2n) is 21.6. The van der Waals surface area contributed by atoms with Gasteiger partial charge in [-0.3, -0.25) is 33.6 Å². The van der Waals surface area contributed by atoms with E-state index in [9.17, 15) is 38.7 Å². The lowest BCUT2D eigenvalue weighted by molar-refractivity contribution is -0.790. The van der Waals surface area contributed by atoms with E-state index in [1.807, 2.05) is 6.92 Å². The van der Waals surface area contributed by atoms with E-state index in [-0.39, 0.29) is 127 Å². The molecule has 6 aromatic heterocycles. The summed E-state index contributed by atoms with van der Waals surface area (Å²) in [5.74, 6) is -5.15. The molecule has 0 radical (unpaired) electrons. The van der Waals surface area contributed by atoms with Crippen molar-refractivity contribution in [2.45, 2.75) is 69.9 Å². The van der Waals surface area contributed by atoms with E-state index in [1.54, 1.807) is 31.8 Å². The second kappa shape index (κ2) is 17.9. The Hall–Kier alpha value is -7.83. The first-order chi connectivity index (χ1) is 36.1. The summed E-state index contributed by atoms with van der Waals surface area (Å²) in [6, 6.07) is -0.336. The highest BCUT2D eigenvalue weighted by atomic mass is 19.1. The molecule has 3 saturated heterocycles. The Morgan fingerprint density at radius 3 is 1.95 bits per heavy atom. The number of carbonyl (C=O) groups is 7. The van der Waals surface area contributed by atoms with Gasteiger partial charge in [-0.15, -0.1) is 9.78 Å². The average Bonchev–Trinajstić information content (AvgIpc) is 4.30. The number of ketones is 2. The van der Waals surface area contributed by atoms with E-state index in [0.717, 1.165) is 31.6 Å². The van der Waals surface area contributed by atoms with Crippen molar-refractivity contribution in [1.29, 1.82) is 0 Å². The molecule has 390 valence electrons. The smallest absolute Gasteiger partial charge is 0.295 e. The van der Waals surface area contributed by atoms with Crippen LogP contribution in [-0.2, 0) is 24.0 Å². The number of H-pyrrole nitrogens is 2. The molecule has 6 unspecified atom stereocenters. The van der Waals surface area contributed by atoms with E-state index in [2.05, 4.69) is 30.2 Å². The van der Waals surface area contributed by atoms with Crippen LogP contribution in [0.3, 0.4) is 0 Å². The third kappa shape index (κ3) is 7.95. The molecule has 4 bridgehead atoms. The number of carbonyl (C=O) groups excluding carboxylic acids is 7. The number of Topliss-reactive ketones (excluding diaryl/α,β-unsaturated/α-hetero) is 2. The summed E-state index contributed by atoms with van der Waals surface area (Å²) >= 11 is 0. The maximum absolute atomic E-state index is 15.7. The Morgan fingerprint density at radius 1 is 0.760 bits per heavy atom. The largest absolute Gasteiger partial charge is 0.390 e. The Bertz CT molecular complexity index is 3340. The number of piperazine rings is 2. The molecule has 3 N–H and O–H groups in total. The normalized spacial score (nSPS) is 26.1. The molecular formula is C50H54F2N15O8+. The molecule has 25 heteroatoms. The third-order valence-electron chi connectivity index (χ3n) is 17.1. The van der Waals surface area contributed by atoms with Gasteiger partial charge < -0.3 is 39.6 Å². The van der Waals surface area contributed by atoms with Crippen LogP contribution < -0.4 is 4.68 Å². The predicted octanol–water partition coefficient (Wildman–Crippen LogP) is 1.31. The molecule has 3 aliphatic heterocycles. The van der Waals surface area contributed by atoms with Crippen LogP contribution in [0.1, 0.15) is 85.0 Å². The quantitative estimate of drug-likeness (QED) is 0.0717. The van der Waals surface area contributed by atoms with Gasteiger partial charge in [0.05, 0.1) is 74.4 Å². The van der Waals surface area contributed by atoms with Gasteiger partial charge in [-0.2, -0.15) is 0 Å². The lowest BCUT2D eigenvalue weighted by Crippen LogP contribution is -2.68. The first-order valence-electron chi connectivity index (χ1n) is 25.4. The fraction of sp³-hybridized carbons (Fsp3) is 0.500. The zero-order chi connectivity index (χ0) is 52.1. The van der Waals surface area contributed by atoms with E-state index in [4.69, 9.17) is 5.21 Å². The molecule has 75 heavy (non-hydrogen) atoms. The number of piperidine rings is 1. The molecule has 5 amide bonds. The van der Waals surface area contributed by atoms with Gasteiger partial charge in [0.25, 0.3) is 29.2 Å². The number of fused-ring (bicyclic) bond motifs is 2. The molecule has 7 aliphatic rings. The van der Waals surface area contributed by atoms with Crippen molar-refractivity contribution in [3.05, 3.63) is 72.3 Å². The van der Waals surface area contributed by atoms with Crippen molar-refractivity contribution in [2.24, 2.45) is 22.7 Å². The van der Waals surface area contributed by atoms with Crippen molar-refractivity contribution < 1.29 is 52.1 Å². The summed E-state index contributed by atoms with van der Waals surface area (Å²) in [5.41, 5.74) is -2.55. The first kappa shape index (κ1) is 48.1. The van der Waals surface area contributed by atoms with E-state index < -0.39 is 51.4 Å². The Morgan fingerprint density at radius 2 is 1.36 bits per heavy atom. The van der Waals surface area contributed by atoms with Crippen molar-refractivity contribution in [3.8, 4) is 11.6 Å². The van der Waals surface area contributed by atoms with Crippen LogP contribution in [0.15, 0.2) is 49.6 Å². The number of aliphatic hydroxyl groups is 1. The van der Waals surface area contributed by atoms with Crippen LogP contribution in [0.5, 0.6) is 0 Å². The summed E-state index contributed by atoms with van der Waals surface area (Å²) in [6.07, 6.45) is 16.1. The predicted molar refractivity (Wildman–Crippen MR) is 255 cm³/mol. The zero-order valence-corrected chi connectivity index (χ0v) is 41.0. The molecule has 9 heterocycles. The zero-order valence-electron chi connectivity index (χ0n) is 41.0. The Labute approximate surface area is 425 Å². The number of hydrogen-bond acceptors (Lipinski definition) is 13. The summed E-state index contributed by atoms with van der Waals surface area (Å²) in [5, 5.41) is 24.5. The number of aromatic nitrogens is 10. The van der Waals surface area contributed by atoms with E-state index in [0.29, 0.717) is 51.6 Å². The molecule has 13 rings (SSSR count). The van der Waals surface area contributed by atoms with Gasteiger partial charge in [0.1, 0.15) is 11.6 Å². The third-order valence-corrected chi connectivity index (χ3v) is 17.1. The highest BCUT2D eigenvalue weighted by molar-refractivity contribution is 6.45. The summed E-state index contributed by atoms with van der Waals surface area (Å²) < 4.78 is 35.4. The topological polar surface area (TPSA) is 266 Å². The lowest BCUT2D eigenvalue weighted by atomic mass is 9.41. The second-order valence-corrected chi connectivity index (χ2v) is 21.6. The number of amides is 5. The van der Waals surface area contributed by atoms with Crippen LogP contribution in [-0.4, -0.2) is 187 Å². The molecule has 23 nitrogen and oxygen atoms in total. The number of hydrogen-bond donors (Lipinski definition) is 3. The number of rotatable bonds is 11. The molecular weight excluding hydrogens is 977 g/mol. The van der Waals surface area contributed by atoms with Gasteiger partial charge in [-0.1, -0.05) is 9.90 Å². The van der Waals surface area contributed by atoms with Gasteiger partial charge in [0.2, 0.25) is 18.2 Å². The van der Waals surface area contributed by atoms with Crippen LogP contribution in [0.25, 0.3) is 33.4 Å².